The quantitative estimate of drug-likeness (QED) is 0.463. The average molecular weight is 431 g/mol. The standard InChI is InChI=1S/C26H25NO5/c1-17(25(29)30)15-23(27-24(28)21-11-13-22(14-12-21)26(31)32)16-18-7-9-20(10-8-18)19-5-3-2-4-6-19/h2-14,17,23H,15-16H2,1H3,(H,27,28)(H,29,30)(H,31,32)/t17-,23?/m1/s1. The van der Waals surface area contributed by atoms with E-state index < -0.39 is 23.9 Å². The number of aromatic carboxylic acids is 1. The maximum Gasteiger partial charge on any atom is 0.335 e. The van der Waals surface area contributed by atoms with Gasteiger partial charge in [0.25, 0.3) is 5.91 Å². The molecule has 0 heterocycles. The van der Waals surface area contributed by atoms with Gasteiger partial charge in [0, 0.05) is 11.6 Å². The van der Waals surface area contributed by atoms with Crippen molar-refractivity contribution in [2.24, 2.45) is 5.92 Å². The largest absolute Gasteiger partial charge is 0.481 e. The first-order valence-electron chi connectivity index (χ1n) is 10.3. The van der Waals surface area contributed by atoms with Crippen molar-refractivity contribution in [3.8, 4) is 11.1 Å². The van der Waals surface area contributed by atoms with Crippen LogP contribution in [0.2, 0.25) is 0 Å². The lowest BCUT2D eigenvalue weighted by Gasteiger charge is -2.21. The van der Waals surface area contributed by atoms with Crippen LogP contribution < -0.4 is 5.32 Å². The lowest BCUT2D eigenvalue weighted by Crippen LogP contribution is -2.38. The first kappa shape index (κ1) is 22.7. The number of carboxylic acid groups (broad SMARTS) is 2. The second kappa shape index (κ2) is 10.4. The highest BCUT2D eigenvalue weighted by Crippen LogP contribution is 2.21. The number of nitrogens with one attached hydrogen (secondary N) is 1. The molecule has 3 aromatic rings. The van der Waals surface area contributed by atoms with Crippen LogP contribution in [0.15, 0.2) is 78.9 Å². The molecule has 0 aromatic heterocycles. The summed E-state index contributed by atoms with van der Waals surface area (Å²) in [5.41, 5.74) is 3.58. The van der Waals surface area contributed by atoms with E-state index in [9.17, 15) is 19.5 Å². The van der Waals surface area contributed by atoms with Gasteiger partial charge in [-0.1, -0.05) is 61.5 Å². The summed E-state index contributed by atoms with van der Waals surface area (Å²) in [7, 11) is 0. The van der Waals surface area contributed by atoms with Crippen LogP contribution in [0.5, 0.6) is 0 Å². The molecule has 0 spiro atoms. The second-order valence-corrected chi connectivity index (χ2v) is 7.79. The van der Waals surface area contributed by atoms with Crippen LogP contribution in [0, 0.1) is 5.92 Å². The molecule has 0 fully saturated rings. The van der Waals surface area contributed by atoms with Crippen molar-refractivity contribution in [3.05, 3.63) is 95.6 Å². The molecule has 0 bridgehead atoms. The van der Waals surface area contributed by atoms with E-state index >= 15 is 0 Å². The van der Waals surface area contributed by atoms with Gasteiger partial charge in [0.05, 0.1) is 11.5 Å². The maximum absolute atomic E-state index is 12.7. The van der Waals surface area contributed by atoms with Crippen LogP contribution in [-0.2, 0) is 11.2 Å². The lowest BCUT2D eigenvalue weighted by molar-refractivity contribution is -0.141. The summed E-state index contributed by atoms with van der Waals surface area (Å²) >= 11 is 0. The van der Waals surface area contributed by atoms with E-state index in [1.807, 2.05) is 54.6 Å². The molecule has 0 radical (unpaired) electrons. The van der Waals surface area contributed by atoms with E-state index in [0.717, 1.165) is 16.7 Å². The summed E-state index contributed by atoms with van der Waals surface area (Å²) in [5.74, 6) is -2.98. The summed E-state index contributed by atoms with van der Waals surface area (Å²) in [6.45, 7) is 1.61. The van der Waals surface area contributed by atoms with Gasteiger partial charge in [-0.15, -0.1) is 0 Å². The number of carboxylic acids is 2. The first-order chi connectivity index (χ1) is 15.3. The number of rotatable bonds is 9. The molecule has 0 aliphatic carbocycles. The Morgan fingerprint density at radius 1 is 0.781 bits per heavy atom. The summed E-state index contributed by atoms with van der Waals surface area (Å²) in [5, 5.41) is 21.2. The number of aliphatic carboxylic acids is 1. The van der Waals surface area contributed by atoms with E-state index in [-0.39, 0.29) is 17.9 Å². The van der Waals surface area contributed by atoms with Crippen LogP contribution in [0.25, 0.3) is 11.1 Å². The molecule has 2 atom stereocenters. The third kappa shape index (κ3) is 6.04. The van der Waals surface area contributed by atoms with Crippen molar-refractivity contribution in [1.82, 2.24) is 5.32 Å². The van der Waals surface area contributed by atoms with Gasteiger partial charge in [-0.2, -0.15) is 0 Å². The van der Waals surface area contributed by atoms with Gasteiger partial charge < -0.3 is 15.5 Å². The van der Waals surface area contributed by atoms with Gasteiger partial charge in [0.15, 0.2) is 0 Å². The van der Waals surface area contributed by atoms with E-state index in [1.54, 1.807) is 6.92 Å². The van der Waals surface area contributed by atoms with Crippen LogP contribution >= 0.6 is 0 Å². The zero-order chi connectivity index (χ0) is 23.1. The zero-order valence-corrected chi connectivity index (χ0v) is 17.7. The number of hydrogen-bond acceptors (Lipinski definition) is 3. The Morgan fingerprint density at radius 3 is 1.91 bits per heavy atom. The molecular weight excluding hydrogens is 406 g/mol. The van der Waals surface area contributed by atoms with Gasteiger partial charge in [-0.3, -0.25) is 9.59 Å². The predicted octanol–water partition coefficient (Wildman–Crippen LogP) is 4.50. The Bertz CT molecular complexity index is 1080. The Labute approximate surface area is 186 Å². The third-order valence-electron chi connectivity index (χ3n) is 5.33. The summed E-state index contributed by atoms with van der Waals surface area (Å²) in [6, 6.07) is 23.2. The molecule has 164 valence electrons. The Morgan fingerprint density at radius 2 is 1.34 bits per heavy atom. The summed E-state index contributed by atoms with van der Waals surface area (Å²) in [6.07, 6.45) is 0.750. The number of hydrogen-bond donors (Lipinski definition) is 3. The van der Waals surface area contributed by atoms with E-state index in [4.69, 9.17) is 5.11 Å². The molecule has 0 saturated carbocycles. The second-order valence-electron chi connectivity index (χ2n) is 7.79. The first-order valence-corrected chi connectivity index (χ1v) is 10.3. The van der Waals surface area contributed by atoms with E-state index in [2.05, 4.69) is 5.32 Å². The van der Waals surface area contributed by atoms with Crippen molar-refractivity contribution in [1.29, 1.82) is 0 Å². The molecular formula is C26H25NO5. The third-order valence-corrected chi connectivity index (χ3v) is 5.33. The SMILES string of the molecule is C[C@H](CC(Cc1ccc(-c2ccccc2)cc1)NC(=O)c1ccc(C(=O)O)cc1)C(=O)O. The van der Waals surface area contributed by atoms with Crippen molar-refractivity contribution in [3.63, 3.8) is 0 Å². The average Bonchev–Trinajstić information content (AvgIpc) is 2.80. The molecule has 6 nitrogen and oxygen atoms in total. The normalized spacial score (nSPS) is 12.5. The molecule has 3 rings (SSSR count). The fourth-order valence-electron chi connectivity index (χ4n) is 3.50. The van der Waals surface area contributed by atoms with Gasteiger partial charge in [0.2, 0.25) is 0 Å². The highest BCUT2D eigenvalue weighted by Gasteiger charge is 2.21. The fourth-order valence-corrected chi connectivity index (χ4v) is 3.50. The fraction of sp³-hybridized carbons (Fsp3) is 0.192. The highest BCUT2D eigenvalue weighted by molar-refractivity contribution is 5.96. The van der Waals surface area contributed by atoms with E-state index in [1.165, 1.54) is 24.3 Å². The Balaban J connectivity index is 1.74. The molecule has 3 N–H and O–H groups in total. The minimum atomic E-state index is -1.07. The maximum atomic E-state index is 12.7. The van der Waals surface area contributed by atoms with Gasteiger partial charge in [0.1, 0.15) is 0 Å². The smallest absolute Gasteiger partial charge is 0.335 e. The van der Waals surface area contributed by atoms with Crippen molar-refractivity contribution in [2.75, 3.05) is 0 Å². The molecule has 1 unspecified atom stereocenters. The van der Waals surface area contributed by atoms with Crippen molar-refractivity contribution < 1.29 is 24.6 Å². The Kier molecular flexibility index (Phi) is 7.39. The summed E-state index contributed by atoms with van der Waals surface area (Å²) in [4.78, 5) is 35.1. The number of carbonyl (C=O) groups is 3. The minimum absolute atomic E-state index is 0.0936. The predicted molar refractivity (Wildman–Crippen MR) is 122 cm³/mol. The summed E-state index contributed by atoms with van der Waals surface area (Å²) < 4.78 is 0. The highest BCUT2D eigenvalue weighted by atomic mass is 16.4. The number of benzene rings is 3. The lowest BCUT2D eigenvalue weighted by atomic mass is 9.94. The molecule has 1 amide bonds. The molecule has 0 aliphatic rings. The molecule has 0 aliphatic heterocycles. The van der Waals surface area contributed by atoms with Crippen LogP contribution in [0.3, 0.4) is 0 Å². The molecule has 0 saturated heterocycles. The van der Waals surface area contributed by atoms with Crippen LogP contribution in [-0.4, -0.2) is 34.1 Å². The monoisotopic (exact) mass is 431 g/mol. The van der Waals surface area contributed by atoms with Gasteiger partial charge in [-0.05, 0) is 53.8 Å². The molecule has 32 heavy (non-hydrogen) atoms. The van der Waals surface area contributed by atoms with E-state index in [0.29, 0.717) is 12.0 Å². The molecule has 3 aromatic carbocycles. The van der Waals surface area contributed by atoms with Gasteiger partial charge >= 0.3 is 11.9 Å². The number of amides is 1. The molecule has 6 heteroatoms. The Hall–Kier alpha value is -3.93. The zero-order valence-electron chi connectivity index (χ0n) is 17.7. The van der Waals surface area contributed by atoms with Crippen molar-refractivity contribution >= 4 is 17.8 Å². The topological polar surface area (TPSA) is 104 Å². The van der Waals surface area contributed by atoms with Gasteiger partial charge in [-0.25, -0.2) is 4.79 Å². The van der Waals surface area contributed by atoms with Crippen LogP contribution in [0.1, 0.15) is 39.6 Å². The van der Waals surface area contributed by atoms with Crippen molar-refractivity contribution in [2.45, 2.75) is 25.8 Å². The van der Waals surface area contributed by atoms with Crippen LogP contribution in [0.4, 0.5) is 0 Å². The minimum Gasteiger partial charge on any atom is -0.481 e. The number of carbonyl (C=O) groups excluding carboxylic acids is 1.